The molecule has 15 heavy (non-hydrogen) atoms. The highest BCUT2D eigenvalue weighted by Gasteiger charge is 2.05. The van der Waals surface area contributed by atoms with Gasteiger partial charge in [-0.2, -0.15) is 9.97 Å². The summed E-state index contributed by atoms with van der Waals surface area (Å²) >= 11 is 5.63. The van der Waals surface area contributed by atoms with Crippen molar-refractivity contribution in [2.75, 3.05) is 13.7 Å². The summed E-state index contributed by atoms with van der Waals surface area (Å²) in [5.74, 6) is 0. The van der Waals surface area contributed by atoms with Crippen LogP contribution in [0.15, 0.2) is 12.2 Å². The molecule has 1 heterocycles. The number of halogens is 1. The highest BCUT2D eigenvalue weighted by atomic mass is 35.5. The molecule has 1 aromatic heterocycles. The van der Waals surface area contributed by atoms with Crippen LogP contribution in [-0.4, -0.2) is 28.7 Å². The van der Waals surface area contributed by atoms with E-state index in [9.17, 15) is 0 Å². The summed E-state index contributed by atoms with van der Waals surface area (Å²) in [6, 6.07) is 0.299. The molecule has 0 saturated carbocycles. The Morgan fingerprint density at radius 1 is 1.33 bits per heavy atom. The van der Waals surface area contributed by atoms with Crippen molar-refractivity contribution < 1.29 is 9.47 Å². The van der Waals surface area contributed by atoms with Crippen LogP contribution in [0.25, 0.3) is 0 Å². The average Bonchev–Trinajstić information content (AvgIpc) is 2.16. The van der Waals surface area contributed by atoms with E-state index < -0.39 is 0 Å². The van der Waals surface area contributed by atoms with Gasteiger partial charge in [0.05, 0.1) is 13.7 Å². The Hall–Kier alpha value is -1.36. The van der Waals surface area contributed by atoms with E-state index in [1.54, 1.807) is 0 Å². The number of ether oxygens (including phenoxy) is 2. The lowest BCUT2D eigenvalue weighted by molar-refractivity contribution is 0.284. The van der Waals surface area contributed by atoms with Crippen molar-refractivity contribution in [3.05, 3.63) is 17.4 Å². The highest BCUT2D eigenvalue weighted by Crippen LogP contribution is 2.12. The Morgan fingerprint density at radius 3 is 2.60 bits per heavy atom. The second-order valence-electron chi connectivity index (χ2n) is 2.93. The fourth-order valence-corrected chi connectivity index (χ4v) is 0.932. The van der Waals surface area contributed by atoms with Crippen LogP contribution < -0.4 is 9.47 Å². The van der Waals surface area contributed by atoms with Gasteiger partial charge >= 0.3 is 12.0 Å². The van der Waals surface area contributed by atoms with Crippen molar-refractivity contribution in [1.29, 1.82) is 0 Å². The van der Waals surface area contributed by atoms with Gasteiger partial charge in [0.15, 0.2) is 0 Å². The molecule has 0 aromatic carbocycles. The first kappa shape index (κ1) is 11.7. The zero-order chi connectivity index (χ0) is 11.3. The quantitative estimate of drug-likeness (QED) is 0.722. The van der Waals surface area contributed by atoms with Crippen molar-refractivity contribution >= 4 is 11.6 Å². The molecule has 6 heteroatoms. The van der Waals surface area contributed by atoms with Gasteiger partial charge in [0.1, 0.15) is 0 Å². The van der Waals surface area contributed by atoms with Crippen molar-refractivity contribution in [3.63, 3.8) is 0 Å². The van der Waals surface area contributed by atoms with Gasteiger partial charge in [-0.15, -0.1) is 11.6 Å². The molecule has 0 saturated heterocycles. The molecule has 0 aliphatic carbocycles. The molecule has 0 atom stereocenters. The highest BCUT2D eigenvalue weighted by molar-refractivity contribution is 6.28. The number of aromatic nitrogens is 3. The van der Waals surface area contributed by atoms with Crippen molar-refractivity contribution in [3.8, 4) is 12.0 Å². The molecule has 0 N–H and O–H groups in total. The normalized spacial score (nSPS) is 9.80. The van der Waals surface area contributed by atoms with Gasteiger partial charge < -0.3 is 9.47 Å². The summed E-state index contributed by atoms with van der Waals surface area (Å²) in [6.07, 6.45) is 0.742. The van der Waals surface area contributed by atoms with E-state index in [0.717, 1.165) is 12.0 Å². The first-order chi connectivity index (χ1) is 7.11. The van der Waals surface area contributed by atoms with Gasteiger partial charge in [-0.05, 0) is 18.5 Å². The van der Waals surface area contributed by atoms with Crippen LogP contribution in [0.5, 0.6) is 12.0 Å². The Balaban J connectivity index is 2.60. The Bertz CT molecular complexity index is 357. The minimum atomic E-state index is 0.0483. The van der Waals surface area contributed by atoms with Gasteiger partial charge in [0.25, 0.3) is 0 Å². The number of nitrogens with zero attached hydrogens (tertiary/aromatic N) is 3. The van der Waals surface area contributed by atoms with E-state index in [4.69, 9.17) is 21.1 Å². The van der Waals surface area contributed by atoms with Crippen LogP contribution in [0.3, 0.4) is 0 Å². The Kier molecular flexibility index (Phi) is 4.30. The first-order valence-corrected chi connectivity index (χ1v) is 4.72. The van der Waals surface area contributed by atoms with Crippen LogP contribution in [0, 0.1) is 0 Å². The van der Waals surface area contributed by atoms with E-state index in [-0.39, 0.29) is 17.3 Å². The monoisotopic (exact) mass is 229 g/mol. The van der Waals surface area contributed by atoms with Crippen molar-refractivity contribution in [2.45, 2.75) is 13.3 Å². The van der Waals surface area contributed by atoms with Crippen molar-refractivity contribution in [2.24, 2.45) is 0 Å². The summed E-state index contributed by atoms with van der Waals surface area (Å²) in [4.78, 5) is 11.4. The third-order valence-electron chi connectivity index (χ3n) is 1.51. The Morgan fingerprint density at radius 2 is 2.00 bits per heavy atom. The maximum absolute atomic E-state index is 5.63. The molecule has 5 nitrogen and oxygen atoms in total. The minimum absolute atomic E-state index is 0.0483. The van der Waals surface area contributed by atoms with Gasteiger partial charge in [0, 0.05) is 6.42 Å². The second kappa shape index (κ2) is 5.50. The average molecular weight is 230 g/mol. The smallest absolute Gasteiger partial charge is 0.323 e. The molecule has 0 aliphatic heterocycles. The number of hydrogen-bond donors (Lipinski definition) is 0. The van der Waals surface area contributed by atoms with Crippen LogP contribution >= 0.6 is 11.6 Å². The van der Waals surface area contributed by atoms with Gasteiger partial charge in [-0.25, -0.2) is 0 Å². The third kappa shape index (κ3) is 4.12. The Labute approximate surface area is 93.1 Å². The number of rotatable bonds is 5. The van der Waals surface area contributed by atoms with Gasteiger partial charge in [0.2, 0.25) is 5.28 Å². The third-order valence-corrected chi connectivity index (χ3v) is 1.68. The summed E-state index contributed by atoms with van der Waals surface area (Å²) in [6.45, 7) is 6.13. The van der Waals surface area contributed by atoms with E-state index in [1.165, 1.54) is 7.11 Å². The first-order valence-electron chi connectivity index (χ1n) is 4.34. The van der Waals surface area contributed by atoms with Gasteiger partial charge in [-0.3, -0.25) is 0 Å². The SMILES string of the molecule is C=C(C)CCOc1nc(Cl)nc(OC)n1. The van der Waals surface area contributed by atoms with E-state index in [2.05, 4.69) is 21.5 Å². The molecule has 0 bridgehead atoms. The molecular weight excluding hydrogens is 218 g/mol. The molecular formula is C9H12ClN3O2. The fourth-order valence-electron chi connectivity index (χ4n) is 0.787. The van der Waals surface area contributed by atoms with E-state index in [1.807, 2.05) is 6.92 Å². The van der Waals surface area contributed by atoms with Crippen molar-refractivity contribution in [1.82, 2.24) is 15.0 Å². The molecule has 0 fully saturated rings. The fraction of sp³-hybridized carbons (Fsp3) is 0.444. The topological polar surface area (TPSA) is 57.1 Å². The van der Waals surface area contributed by atoms with E-state index >= 15 is 0 Å². The molecule has 0 radical (unpaired) electrons. The zero-order valence-electron chi connectivity index (χ0n) is 8.66. The van der Waals surface area contributed by atoms with Crippen LogP contribution in [0.2, 0.25) is 5.28 Å². The molecule has 1 aromatic rings. The molecule has 1 rings (SSSR count). The molecule has 82 valence electrons. The summed E-state index contributed by atoms with van der Waals surface area (Å²) in [5.41, 5.74) is 1.03. The summed E-state index contributed by atoms with van der Waals surface area (Å²) in [5, 5.41) is 0.0483. The predicted molar refractivity (Wildman–Crippen MR) is 56.3 cm³/mol. The van der Waals surface area contributed by atoms with Gasteiger partial charge in [-0.1, -0.05) is 5.57 Å². The lowest BCUT2D eigenvalue weighted by Crippen LogP contribution is -2.04. The maximum Gasteiger partial charge on any atom is 0.323 e. The summed E-state index contributed by atoms with van der Waals surface area (Å²) < 4.78 is 10.1. The summed E-state index contributed by atoms with van der Waals surface area (Å²) in [7, 11) is 1.45. The maximum atomic E-state index is 5.63. The minimum Gasteiger partial charge on any atom is -0.467 e. The largest absolute Gasteiger partial charge is 0.467 e. The lowest BCUT2D eigenvalue weighted by atomic mass is 10.3. The lowest BCUT2D eigenvalue weighted by Gasteiger charge is -2.04. The number of methoxy groups -OCH3 is 1. The van der Waals surface area contributed by atoms with Crippen LogP contribution in [-0.2, 0) is 0 Å². The molecule has 0 spiro atoms. The molecule has 0 unspecified atom stereocenters. The molecule has 0 aliphatic rings. The van der Waals surface area contributed by atoms with E-state index in [0.29, 0.717) is 6.61 Å². The zero-order valence-corrected chi connectivity index (χ0v) is 9.41. The molecule has 0 amide bonds. The standard InChI is InChI=1S/C9H12ClN3O2/c1-6(2)4-5-15-9-12-7(10)11-8(13-9)14-3/h1,4-5H2,2-3H3. The predicted octanol–water partition coefficient (Wildman–Crippen LogP) is 1.88. The number of hydrogen-bond acceptors (Lipinski definition) is 5. The van der Waals surface area contributed by atoms with Crippen LogP contribution in [0.1, 0.15) is 13.3 Å². The van der Waals surface area contributed by atoms with Crippen LogP contribution in [0.4, 0.5) is 0 Å². The second-order valence-corrected chi connectivity index (χ2v) is 3.27.